The number of aromatic nitrogens is 2. The van der Waals surface area contributed by atoms with Crippen molar-refractivity contribution in [3.05, 3.63) is 70.4 Å². The van der Waals surface area contributed by atoms with E-state index in [2.05, 4.69) is 4.98 Å². The molecule has 0 saturated heterocycles. The molecule has 27 heavy (non-hydrogen) atoms. The third-order valence-electron chi connectivity index (χ3n) is 4.06. The van der Waals surface area contributed by atoms with Gasteiger partial charge in [0, 0.05) is 11.9 Å². The quantitative estimate of drug-likeness (QED) is 0.486. The average Bonchev–Trinajstić information content (AvgIpc) is 2.59. The van der Waals surface area contributed by atoms with Crippen molar-refractivity contribution in [1.82, 2.24) is 13.9 Å². The van der Waals surface area contributed by atoms with Gasteiger partial charge in [-0.15, -0.1) is 0 Å². The summed E-state index contributed by atoms with van der Waals surface area (Å²) in [6.07, 6.45) is -3.38. The minimum absolute atomic E-state index is 0.0554. The van der Waals surface area contributed by atoms with Gasteiger partial charge in [-0.05, 0) is 54.9 Å². The summed E-state index contributed by atoms with van der Waals surface area (Å²) in [6.45, 7) is 0. The second-order valence-electron chi connectivity index (χ2n) is 5.94. The summed E-state index contributed by atoms with van der Waals surface area (Å²) in [7, 11) is 2.92. The van der Waals surface area contributed by atoms with Gasteiger partial charge in [0.05, 0.1) is 17.2 Å². The predicted octanol–water partition coefficient (Wildman–Crippen LogP) is 4.32. The lowest BCUT2D eigenvalue weighted by molar-refractivity contribution is -0.169. The van der Waals surface area contributed by atoms with Gasteiger partial charge in [0.1, 0.15) is 11.9 Å². The van der Waals surface area contributed by atoms with Gasteiger partial charge in [-0.1, -0.05) is 12.1 Å². The van der Waals surface area contributed by atoms with Crippen LogP contribution in [0.4, 0.5) is 17.6 Å². The van der Waals surface area contributed by atoms with Gasteiger partial charge < -0.3 is 4.57 Å². The molecule has 0 amide bonds. The summed E-state index contributed by atoms with van der Waals surface area (Å²) in [6, 6.07) is 7.24. The van der Waals surface area contributed by atoms with E-state index in [1.807, 2.05) is 0 Å². The molecule has 3 aromatic rings. The van der Waals surface area contributed by atoms with Crippen molar-refractivity contribution < 1.29 is 17.6 Å². The van der Waals surface area contributed by atoms with E-state index in [0.717, 1.165) is 46.7 Å². The second-order valence-corrected chi connectivity index (χ2v) is 7.17. The Balaban J connectivity index is 1.92. The fraction of sp³-hybridized carbons (Fsp3) is 0.222. The number of halogens is 4. The molecule has 9 heteroatoms. The highest BCUT2D eigenvalue weighted by Crippen LogP contribution is 2.41. The first-order valence-electron chi connectivity index (χ1n) is 7.85. The van der Waals surface area contributed by atoms with Gasteiger partial charge in [0.2, 0.25) is 0 Å². The second kappa shape index (κ2) is 7.32. The van der Waals surface area contributed by atoms with Crippen molar-refractivity contribution in [2.45, 2.75) is 17.1 Å². The highest BCUT2D eigenvalue weighted by atomic mass is 32.2. The number of alkyl halides is 3. The smallest absolute Gasteiger partial charge is 0.309 e. The van der Waals surface area contributed by atoms with E-state index in [0.29, 0.717) is 15.9 Å². The van der Waals surface area contributed by atoms with Crippen LogP contribution in [0.1, 0.15) is 11.6 Å². The molecule has 1 heterocycles. The van der Waals surface area contributed by atoms with Crippen LogP contribution < -0.4 is 5.56 Å². The third kappa shape index (κ3) is 4.14. The maximum atomic E-state index is 13.6. The summed E-state index contributed by atoms with van der Waals surface area (Å²) in [5.74, 6) is -0.596. The molecule has 0 saturated carbocycles. The fourth-order valence-electron chi connectivity index (χ4n) is 2.75. The topological polar surface area (TPSA) is 38.1 Å². The normalized spacial score (nSPS) is 13.3. The van der Waals surface area contributed by atoms with Crippen LogP contribution in [0.2, 0.25) is 0 Å². The SMILES string of the molecule is CN(Sc1ccc2c(c1)ncc(=O)n2C)[C@H](c1ccc(F)cc1)C(F)(F)F. The number of fused-ring (bicyclic) bond motifs is 1. The maximum Gasteiger partial charge on any atom is 0.408 e. The Labute approximate surface area is 156 Å². The monoisotopic (exact) mass is 397 g/mol. The molecule has 0 aliphatic rings. The number of hydrogen-bond acceptors (Lipinski definition) is 4. The van der Waals surface area contributed by atoms with Crippen molar-refractivity contribution in [2.75, 3.05) is 7.05 Å². The third-order valence-corrected chi connectivity index (χ3v) is 5.03. The summed E-state index contributed by atoms with van der Waals surface area (Å²) >= 11 is 0.895. The lowest BCUT2D eigenvalue weighted by Gasteiger charge is -2.29. The minimum Gasteiger partial charge on any atom is -0.309 e. The Morgan fingerprint density at radius 1 is 1.15 bits per heavy atom. The molecule has 0 aliphatic carbocycles. The summed E-state index contributed by atoms with van der Waals surface area (Å²) in [4.78, 5) is 16.2. The van der Waals surface area contributed by atoms with Crippen LogP contribution in [0.15, 0.2) is 58.4 Å². The van der Waals surface area contributed by atoms with Crippen molar-refractivity contribution >= 4 is 23.0 Å². The molecule has 2 aromatic carbocycles. The van der Waals surface area contributed by atoms with E-state index in [1.54, 1.807) is 25.2 Å². The minimum atomic E-state index is -4.54. The van der Waals surface area contributed by atoms with Gasteiger partial charge >= 0.3 is 6.18 Å². The molecule has 3 rings (SSSR count). The van der Waals surface area contributed by atoms with Gasteiger partial charge in [-0.3, -0.25) is 4.79 Å². The van der Waals surface area contributed by atoms with E-state index in [-0.39, 0.29) is 11.1 Å². The van der Waals surface area contributed by atoms with Crippen LogP contribution in [0.25, 0.3) is 11.0 Å². The first-order valence-corrected chi connectivity index (χ1v) is 8.63. The molecule has 0 spiro atoms. The molecular weight excluding hydrogens is 382 g/mol. The first-order chi connectivity index (χ1) is 12.7. The Bertz CT molecular complexity index is 1020. The van der Waals surface area contributed by atoms with Crippen LogP contribution in [0.3, 0.4) is 0 Å². The molecule has 1 aromatic heterocycles. The highest BCUT2D eigenvalue weighted by Gasteiger charge is 2.44. The zero-order chi connectivity index (χ0) is 19.8. The zero-order valence-electron chi connectivity index (χ0n) is 14.4. The molecule has 0 bridgehead atoms. The zero-order valence-corrected chi connectivity index (χ0v) is 15.2. The standard InChI is InChI=1S/C18H15F4N3OS/c1-24-15-8-7-13(9-14(15)23-10-16(24)26)27-25(2)17(18(20,21)22)11-3-5-12(19)6-4-11/h3-10,17H,1-2H3/t17-/m1/s1. The summed E-state index contributed by atoms with van der Waals surface area (Å²) in [5.41, 5.74) is 0.759. The lowest BCUT2D eigenvalue weighted by atomic mass is 10.1. The van der Waals surface area contributed by atoms with Crippen molar-refractivity contribution in [3.63, 3.8) is 0 Å². The number of hydrogen-bond donors (Lipinski definition) is 0. The molecule has 0 aliphatic heterocycles. The number of benzene rings is 2. The molecule has 1 atom stereocenters. The molecule has 0 N–H and O–H groups in total. The lowest BCUT2D eigenvalue weighted by Crippen LogP contribution is -2.31. The van der Waals surface area contributed by atoms with Crippen LogP contribution in [-0.4, -0.2) is 27.1 Å². The van der Waals surface area contributed by atoms with E-state index in [4.69, 9.17) is 0 Å². The van der Waals surface area contributed by atoms with Crippen molar-refractivity contribution in [3.8, 4) is 0 Å². The number of rotatable bonds is 4. The Hall–Kier alpha value is -2.39. The van der Waals surface area contributed by atoms with Crippen LogP contribution in [0.5, 0.6) is 0 Å². The Kier molecular flexibility index (Phi) is 5.25. The Morgan fingerprint density at radius 3 is 2.44 bits per heavy atom. The van der Waals surface area contributed by atoms with E-state index >= 15 is 0 Å². The van der Waals surface area contributed by atoms with E-state index in [9.17, 15) is 22.4 Å². The largest absolute Gasteiger partial charge is 0.408 e. The highest BCUT2D eigenvalue weighted by molar-refractivity contribution is 7.97. The van der Waals surface area contributed by atoms with E-state index in [1.165, 1.54) is 11.6 Å². The molecule has 0 radical (unpaired) electrons. The van der Waals surface area contributed by atoms with Crippen LogP contribution in [-0.2, 0) is 7.05 Å². The van der Waals surface area contributed by atoms with Crippen molar-refractivity contribution in [1.29, 1.82) is 0 Å². The van der Waals surface area contributed by atoms with Crippen LogP contribution >= 0.6 is 11.9 Å². The van der Waals surface area contributed by atoms with Gasteiger partial charge in [0.25, 0.3) is 5.56 Å². The summed E-state index contributed by atoms with van der Waals surface area (Å²) < 4.78 is 56.4. The number of nitrogens with zero attached hydrogens (tertiary/aromatic N) is 3. The average molecular weight is 397 g/mol. The van der Waals surface area contributed by atoms with E-state index < -0.39 is 18.0 Å². The first kappa shape index (κ1) is 19.4. The molecule has 142 valence electrons. The van der Waals surface area contributed by atoms with Gasteiger partial charge in [0.15, 0.2) is 0 Å². The predicted molar refractivity (Wildman–Crippen MR) is 95.8 cm³/mol. The molecule has 0 unspecified atom stereocenters. The van der Waals surface area contributed by atoms with Crippen molar-refractivity contribution in [2.24, 2.45) is 7.05 Å². The molecule has 0 fully saturated rings. The number of aryl methyl sites for hydroxylation is 1. The van der Waals surface area contributed by atoms with Crippen LogP contribution in [0, 0.1) is 5.82 Å². The molecule has 4 nitrogen and oxygen atoms in total. The molecular formula is C18H15F4N3OS. The fourth-order valence-corrected chi connectivity index (χ4v) is 3.72. The summed E-state index contributed by atoms with van der Waals surface area (Å²) in [5, 5.41) is 0. The maximum absolute atomic E-state index is 13.6. The van der Waals surface area contributed by atoms with Gasteiger partial charge in [-0.25, -0.2) is 13.7 Å². The van der Waals surface area contributed by atoms with Gasteiger partial charge in [-0.2, -0.15) is 13.2 Å². The Morgan fingerprint density at radius 2 is 1.81 bits per heavy atom.